The van der Waals surface area contributed by atoms with Crippen LogP contribution in [0.2, 0.25) is 0 Å². The molecule has 0 spiro atoms. The third-order valence-electron chi connectivity index (χ3n) is 9.06. The summed E-state index contributed by atoms with van der Waals surface area (Å²) in [6.45, 7) is 9.29. The molecule has 3 saturated carbocycles. The minimum atomic E-state index is -0.955. The molecule has 0 aromatic rings. The van der Waals surface area contributed by atoms with Crippen molar-refractivity contribution in [2.75, 3.05) is 0 Å². The average molecular weight is 405 g/mol. The fourth-order valence-electron chi connectivity index (χ4n) is 7.63. The van der Waals surface area contributed by atoms with Crippen molar-refractivity contribution in [3.8, 4) is 0 Å². The molecule has 162 valence electrons. The summed E-state index contributed by atoms with van der Waals surface area (Å²) in [5.74, 6) is 1.42. The van der Waals surface area contributed by atoms with Crippen LogP contribution in [-0.4, -0.2) is 33.3 Å². The second-order valence-corrected chi connectivity index (χ2v) is 10.5. The van der Waals surface area contributed by atoms with Gasteiger partial charge in [0.25, 0.3) is 5.97 Å². The van der Waals surface area contributed by atoms with Crippen LogP contribution >= 0.6 is 0 Å². The Balaban J connectivity index is 0.000000552. The number of fused-ring (bicyclic) bond motifs is 5. The van der Waals surface area contributed by atoms with Gasteiger partial charge in [-0.3, -0.25) is 14.4 Å². The monoisotopic (exact) mass is 404 g/mol. The van der Waals surface area contributed by atoms with Crippen molar-refractivity contribution >= 4 is 17.5 Å². The molecule has 0 aromatic carbocycles. The first-order valence-corrected chi connectivity index (χ1v) is 11.0. The fraction of sp³-hybridized carbons (Fsp3) is 0.792. The number of rotatable bonds is 1. The highest BCUT2D eigenvalue weighted by Gasteiger charge is 2.63. The van der Waals surface area contributed by atoms with Crippen LogP contribution in [-0.2, 0) is 14.4 Å². The number of hydrogen-bond donors (Lipinski definition) is 2. The number of carboxylic acids is 1. The number of Topliss-reactive ketones (excluding diaryl/α,β-unsaturated/α-hetero) is 1. The Bertz CT molecular complexity index is 746. The van der Waals surface area contributed by atoms with Crippen molar-refractivity contribution in [3.05, 3.63) is 11.6 Å². The zero-order valence-electron chi connectivity index (χ0n) is 18.5. The molecule has 0 aromatic heterocycles. The van der Waals surface area contributed by atoms with Gasteiger partial charge in [0.1, 0.15) is 5.78 Å². The molecule has 4 aliphatic carbocycles. The van der Waals surface area contributed by atoms with Gasteiger partial charge in [-0.05, 0) is 81.6 Å². The SMILES string of the molecule is CC(=O)O.CC(=O)[C@H]1CC[C@H]2[C@@H]3CCC4=CC(=O)CC(C)(O)[C@]4(C)[C@H]3CC[C@]12C. The number of carbonyl (C=O) groups excluding carboxylic acids is 2. The molecule has 4 rings (SSSR count). The van der Waals surface area contributed by atoms with Gasteiger partial charge < -0.3 is 10.2 Å². The lowest BCUT2D eigenvalue weighted by Crippen LogP contribution is -2.60. The number of ketones is 2. The lowest BCUT2D eigenvalue weighted by Gasteiger charge is -2.61. The van der Waals surface area contributed by atoms with Crippen LogP contribution in [0.4, 0.5) is 0 Å². The summed E-state index contributed by atoms with van der Waals surface area (Å²) in [6.07, 6.45) is 8.46. The summed E-state index contributed by atoms with van der Waals surface area (Å²) in [4.78, 5) is 33.3. The van der Waals surface area contributed by atoms with Crippen molar-refractivity contribution in [1.29, 1.82) is 0 Å². The van der Waals surface area contributed by atoms with E-state index in [0.717, 1.165) is 45.4 Å². The molecule has 0 radical (unpaired) electrons. The van der Waals surface area contributed by atoms with Crippen LogP contribution < -0.4 is 0 Å². The van der Waals surface area contributed by atoms with E-state index in [2.05, 4.69) is 13.8 Å². The standard InChI is InChI=1S/C22H32O3.C2H4O2/c1-13(23)17-7-8-18-16-6-5-14-11-15(24)12-21(3,25)22(14,4)19(16)9-10-20(17,18)2;1-2(3)4/h11,16-19,25H,5-10,12H2,1-4H3;1H3,(H,3,4)/t16-,17+,18-,19-,20+,21?,22-;/m0./s1. The molecule has 0 heterocycles. The van der Waals surface area contributed by atoms with Crippen molar-refractivity contribution in [3.63, 3.8) is 0 Å². The quantitative estimate of drug-likeness (QED) is 0.684. The van der Waals surface area contributed by atoms with Gasteiger partial charge in [0.05, 0.1) is 5.60 Å². The van der Waals surface area contributed by atoms with E-state index in [-0.39, 0.29) is 29.0 Å². The largest absolute Gasteiger partial charge is 0.481 e. The predicted octanol–water partition coefficient (Wildman–Crippen LogP) is 4.18. The summed E-state index contributed by atoms with van der Waals surface area (Å²) in [5.41, 5.74) is 0.0734. The highest BCUT2D eigenvalue weighted by atomic mass is 16.4. The van der Waals surface area contributed by atoms with Gasteiger partial charge in [-0.25, -0.2) is 0 Å². The first kappa shape index (κ1) is 22.2. The number of aliphatic carboxylic acids is 1. The molecule has 0 bridgehead atoms. The normalized spacial score (nSPS) is 45.7. The molecular formula is C24H36O5. The third-order valence-corrected chi connectivity index (χ3v) is 9.06. The molecule has 2 N–H and O–H groups in total. The Morgan fingerprint density at radius 1 is 1.03 bits per heavy atom. The van der Waals surface area contributed by atoms with E-state index in [1.807, 2.05) is 13.0 Å². The fourth-order valence-corrected chi connectivity index (χ4v) is 7.63. The van der Waals surface area contributed by atoms with Crippen LogP contribution in [0.5, 0.6) is 0 Å². The molecule has 0 saturated heterocycles. The molecule has 0 amide bonds. The molecular weight excluding hydrogens is 368 g/mol. The van der Waals surface area contributed by atoms with Gasteiger partial charge in [0.2, 0.25) is 0 Å². The van der Waals surface area contributed by atoms with Crippen molar-refractivity contribution < 1.29 is 24.6 Å². The first-order valence-electron chi connectivity index (χ1n) is 11.0. The van der Waals surface area contributed by atoms with Crippen LogP contribution in [0.3, 0.4) is 0 Å². The number of carboxylic acid groups (broad SMARTS) is 1. The van der Waals surface area contributed by atoms with Gasteiger partial charge >= 0.3 is 0 Å². The second-order valence-electron chi connectivity index (χ2n) is 10.5. The lowest BCUT2D eigenvalue weighted by molar-refractivity contribution is -0.154. The van der Waals surface area contributed by atoms with E-state index >= 15 is 0 Å². The highest BCUT2D eigenvalue weighted by molar-refractivity contribution is 5.93. The number of carbonyl (C=O) groups is 3. The number of hydrogen-bond acceptors (Lipinski definition) is 4. The first-order chi connectivity index (χ1) is 13.3. The average Bonchev–Trinajstić information content (AvgIpc) is 2.92. The van der Waals surface area contributed by atoms with E-state index in [1.165, 1.54) is 5.57 Å². The Morgan fingerprint density at radius 2 is 1.66 bits per heavy atom. The minimum Gasteiger partial charge on any atom is -0.481 e. The molecule has 7 atom stereocenters. The molecule has 0 aliphatic heterocycles. The summed E-state index contributed by atoms with van der Waals surface area (Å²) in [5, 5.41) is 18.7. The molecule has 4 aliphatic rings. The smallest absolute Gasteiger partial charge is 0.300 e. The third kappa shape index (κ3) is 3.39. The summed E-state index contributed by atoms with van der Waals surface area (Å²) in [7, 11) is 0. The van der Waals surface area contributed by atoms with Crippen LogP contribution in [0.25, 0.3) is 0 Å². The summed E-state index contributed by atoms with van der Waals surface area (Å²) in [6, 6.07) is 0. The highest BCUT2D eigenvalue weighted by Crippen LogP contribution is 2.68. The summed E-state index contributed by atoms with van der Waals surface area (Å²) < 4.78 is 0. The maximum absolute atomic E-state index is 12.2. The van der Waals surface area contributed by atoms with E-state index in [1.54, 1.807) is 6.92 Å². The van der Waals surface area contributed by atoms with Crippen molar-refractivity contribution in [2.24, 2.45) is 34.5 Å². The lowest BCUT2D eigenvalue weighted by atomic mass is 9.44. The zero-order chi connectivity index (χ0) is 21.8. The van der Waals surface area contributed by atoms with Crippen molar-refractivity contribution in [2.45, 2.75) is 85.2 Å². The maximum Gasteiger partial charge on any atom is 0.300 e. The minimum absolute atomic E-state index is 0.0779. The van der Waals surface area contributed by atoms with Crippen LogP contribution in [0.1, 0.15) is 79.6 Å². The molecule has 5 heteroatoms. The maximum atomic E-state index is 12.2. The Labute approximate surface area is 173 Å². The topological polar surface area (TPSA) is 91.7 Å². The van der Waals surface area contributed by atoms with E-state index < -0.39 is 11.6 Å². The molecule has 29 heavy (non-hydrogen) atoms. The van der Waals surface area contributed by atoms with Crippen LogP contribution in [0, 0.1) is 34.5 Å². The van der Waals surface area contributed by atoms with E-state index in [9.17, 15) is 14.7 Å². The van der Waals surface area contributed by atoms with Gasteiger partial charge in [0, 0.05) is 24.7 Å². The van der Waals surface area contributed by atoms with Gasteiger partial charge in [-0.15, -0.1) is 0 Å². The Kier molecular flexibility index (Phi) is 5.61. The Hall–Kier alpha value is -1.49. The predicted molar refractivity (Wildman–Crippen MR) is 110 cm³/mol. The molecule has 5 nitrogen and oxygen atoms in total. The molecule has 3 fully saturated rings. The summed E-state index contributed by atoms with van der Waals surface area (Å²) >= 11 is 0. The van der Waals surface area contributed by atoms with Crippen molar-refractivity contribution in [1.82, 2.24) is 0 Å². The van der Waals surface area contributed by atoms with E-state index in [4.69, 9.17) is 9.90 Å². The molecule has 1 unspecified atom stereocenters. The van der Waals surface area contributed by atoms with Crippen LogP contribution in [0.15, 0.2) is 11.6 Å². The number of aliphatic hydroxyl groups is 1. The van der Waals surface area contributed by atoms with Gasteiger partial charge in [-0.2, -0.15) is 0 Å². The zero-order valence-corrected chi connectivity index (χ0v) is 18.5. The van der Waals surface area contributed by atoms with Gasteiger partial charge in [-0.1, -0.05) is 19.4 Å². The second kappa shape index (κ2) is 7.33. The van der Waals surface area contributed by atoms with Gasteiger partial charge in [0.15, 0.2) is 5.78 Å². The Morgan fingerprint density at radius 3 is 2.24 bits per heavy atom. The van der Waals surface area contributed by atoms with E-state index in [0.29, 0.717) is 23.5 Å².